The summed E-state index contributed by atoms with van der Waals surface area (Å²) in [5.74, 6) is 0.251. The van der Waals surface area contributed by atoms with Crippen molar-refractivity contribution in [3.05, 3.63) is 40.7 Å². The highest BCUT2D eigenvalue weighted by Gasteiger charge is 2.24. The Morgan fingerprint density at radius 1 is 1.22 bits per heavy atom. The Hall–Kier alpha value is -1.15. The molecule has 0 saturated carbocycles. The third-order valence-electron chi connectivity index (χ3n) is 3.46. The number of allylic oxidation sites excluding steroid dienone is 1. The average molecular weight is 249 g/mol. The zero-order valence-corrected chi connectivity index (χ0v) is 12.0. The molecule has 2 N–H and O–H groups in total. The van der Waals surface area contributed by atoms with E-state index in [0.717, 1.165) is 17.6 Å². The molecule has 1 aliphatic carbocycles. The number of fused-ring (bicyclic) bond motifs is 1. The Kier molecular flexibility index (Phi) is 5.09. The van der Waals surface area contributed by atoms with Crippen LogP contribution in [-0.2, 0) is 6.42 Å². The zero-order chi connectivity index (χ0) is 13.9. The third-order valence-corrected chi connectivity index (χ3v) is 3.46. The molecule has 2 rings (SSSR count). The van der Waals surface area contributed by atoms with Crippen molar-refractivity contribution >= 4 is 5.57 Å². The molecule has 1 nitrogen and oxygen atoms in total. The number of hydrogen-bond donors (Lipinski definition) is 1. The fraction of sp³-hybridized carbons (Fsp3) is 0.500. The van der Waals surface area contributed by atoms with E-state index in [1.807, 2.05) is 26.8 Å². The summed E-state index contributed by atoms with van der Waals surface area (Å²) in [6.07, 6.45) is 0.876. The van der Waals surface area contributed by atoms with Crippen LogP contribution in [0.25, 0.3) is 5.57 Å². The van der Waals surface area contributed by atoms with Gasteiger partial charge in [0.2, 0.25) is 0 Å². The molecule has 0 spiro atoms. The maximum atomic E-state index is 13.2. The minimum atomic E-state index is -0.169. The summed E-state index contributed by atoms with van der Waals surface area (Å²) in [4.78, 5) is 0. The molecule has 0 amide bonds. The smallest absolute Gasteiger partial charge is 0.123 e. The van der Waals surface area contributed by atoms with Crippen molar-refractivity contribution in [3.8, 4) is 0 Å². The maximum absolute atomic E-state index is 13.2. The lowest BCUT2D eigenvalue weighted by molar-refractivity contribution is 0.543. The van der Waals surface area contributed by atoms with Crippen LogP contribution < -0.4 is 5.73 Å². The van der Waals surface area contributed by atoms with Gasteiger partial charge in [-0.3, -0.25) is 0 Å². The molecule has 0 saturated heterocycles. The van der Waals surface area contributed by atoms with Gasteiger partial charge in [0.1, 0.15) is 5.82 Å². The molecule has 0 aromatic heterocycles. The standard InChI is InChI=1S/C14H18FN.C2H6/c1-8(2)14(16)13-6-10-4-5-11(15)7-12(10)9(13)3;1-2/h4-5,7-8,14H,6,16H2,1-3H3;1-2H3. The average Bonchev–Trinajstić information content (AvgIpc) is 2.68. The van der Waals surface area contributed by atoms with E-state index in [0.29, 0.717) is 5.92 Å². The van der Waals surface area contributed by atoms with Crippen LogP contribution in [0.5, 0.6) is 0 Å². The SMILES string of the molecule is CC.CC1=C(C(N)C(C)C)Cc2ccc(F)cc21. The number of hydrogen-bond acceptors (Lipinski definition) is 1. The van der Waals surface area contributed by atoms with E-state index in [2.05, 4.69) is 13.8 Å². The van der Waals surface area contributed by atoms with Crippen LogP contribution >= 0.6 is 0 Å². The second-order valence-electron chi connectivity index (χ2n) is 4.90. The topological polar surface area (TPSA) is 26.0 Å². The van der Waals surface area contributed by atoms with Gasteiger partial charge in [-0.1, -0.05) is 33.8 Å². The largest absolute Gasteiger partial charge is 0.324 e. The number of nitrogens with two attached hydrogens (primary N) is 1. The predicted molar refractivity (Wildman–Crippen MR) is 76.9 cm³/mol. The van der Waals surface area contributed by atoms with Crippen molar-refractivity contribution in [2.24, 2.45) is 11.7 Å². The maximum Gasteiger partial charge on any atom is 0.123 e. The van der Waals surface area contributed by atoms with E-state index in [1.54, 1.807) is 6.07 Å². The van der Waals surface area contributed by atoms with Gasteiger partial charge in [0.25, 0.3) is 0 Å². The monoisotopic (exact) mass is 249 g/mol. The van der Waals surface area contributed by atoms with Gasteiger partial charge < -0.3 is 5.73 Å². The van der Waals surface area contributed by atoms with Gasteiger partial charge in [0.05, 0.1) is 0 Å². The first-order chi connectivity index (χ1) is 8.50. The number of benzene rings is 1. The molecule has 1 atom stereocenters. The number of halogens is 1. The summed E-state index contributed by atoms with van der Waals surface area (Å²) in [6, 6.07) is 5.09. The van der Waals surface area contributed by atoms with Crippen molar-refractivity contribution in [1.29, 1.82) is 0 Å². The van der Waals surface area contributed by atoms with Gasteiger partial charge in [0, 0.05) is 6.04 Å². The van der Waals surface area contributed by atoms with Crippen molar-refractivity contribution in [2.75, 3.05) is 0 Å². The van der Waals surface area contributed by atoms with Crippen LogP contribution in [-0.4, -0.2) is 6.04 Å². The Balaban J connectivity index is 0.000000771. The highest BCUT2D eigenvalue weighted by atomic mass is 19.1. The van der Waals surface area contributed by atoms with E-state index in [9.17, 15) is 4.39 Å². The second kappa shape index (κ2) is 6.14. The van der Waals surface area contributed by atoms with Crippen LogP contribution in [0.4, 0.5) is 4.39 Å². The van der Waals surface area contributed by atoms with Crippen molar-refractivity contribution < 1.29 is 4.39 Å². The Labute approximate surface area is 110 Å². The Bertz CT molecular complexity index is 446. The lowest BCUT2D eigenvalue weighted by Gasteiger charge is -2.18. The fourth-order valence-electron chi connectivity index (χ4n) is 2.33. The van der Waals surface area contributed by atoms with Crippen LogP contribution in [0, 0.1) is 11.7 Å². The van der Waals surface area contributed by atoms with Gasteiger partial charge in [-0.25, -0.2) is 4.39 Å². The first-order valence-electron chi connectivity index (χ1n) is 6.74. The molecule has 2 heteroatoms. The lowest BCUT2D eigenvalue weighted by Crippen LogP contribution is -2.29. The van der Waals surface area contributed by atoms with Crippen molar-refractivity contribution in [2.45, 2.75) is 47.1 Å². The van der Waals surface area contributed by atoms with Gasteiger partial charge in [0.15, 0.2) is 0 Å². The minimum absolute atomic E-state index is 0.0791. The molecule has 18 heavy (non-hydrogen) atoms. The van der Waals surface area contributed by atoms with Crippen LogP contribution in [0.15, 0.2) is 23.8 Å². The fourth-order valence-corrected chi connectivity index (χ4v) is 2.33. The molecule has 1 aromatic carbocycles. The summed E-state index contributed by atoms with van der Waals surface area (Å²) in [5.41, 5.74) is 10.8. The molecule has 0 fully saturated rings. The Morgan fingerprint density at radius 3 is 2.39 bits per heavy atom. The summed E-state index contributed by atoms with van der Waals surface area (Å²) in [5, 5.41) is 0. The van der Waals surface area contributed by atoms with Gasteiger partial charge in [-0.2, -0.15) is 0 Å². The summed E-state index contributed by atoms with van der Waals surface area (Å²) in [7, 11) is 0. The summed E-state index contributed by atoms with van der Waals surface area (Å²) >= 11 is 0. The molecular formula is C16H24FN. The predicted octanol–water partition coefficient (Wildman–Crippen LogP) is 4.16. The lowest BCUT2D eigenvalue weighted by atomic mass is 9.93. The second-order valence-corrected chi connectivity index (χ2v) is 4.90. The van der Waals surface area contributed by atoms with Gasteiger partial charge in [-0.05, 0) is 53.7 Å². The normalized spacial score (nSPS) is 15.3. The molecule has 0 heterocycles. The van der Waals surface area contributed by atoms with Gasteiger partial charge >= 0.3 is 0 Å². The van der Waals surface area contributed by atoms with Crippen molar-refractivity contribution in [3.63, 3.8) is 0 Å². The minimum Gasteiger partial charge on any atom is -0.324 e. The van der Waals surface area contributed by atoms with Crippen LogP contribution in [0.3, 0.4) is 0 Å². The highest BCUT2D eigenvalue weighted by molar-refractivity contribution is 5.75. The first kappa shape index (κ1) is 14.9. The quantitative estimate of drug-likeness (QED) is 0.836. The van der Waals surface area contributed by atoms with E-state index in [4.69, 9.17) is 5.73 Å². The van der Waals surface area contributed by atoms with E-state index < -0.39 is 0 Å². The van der Waals surface area contributed by atoms with E-state index in [1.165, 1.54) is 17.2 Å². The van der Waals surface area contributed by atoms with Gasteiger partial charge in [-0.15, -0.1) is 0 Å². The van der Waals surface area contributed by atoms with Crippen molar-refractivity contribution in [1.82, 2.24) is 0 Å². The highest BCUT2D eigenvalue weighted by Crippen LogP contribution is 2.35. The summed E-state index contributed by atoms with van der Waals surface area (Å²) < 4.78 is 13.2. The van der Waals surface area contributed by atoms with E-state index >= 15 is 0 Å². The molecule has 0 bridgehead atoms. The van der Waals surface area contributed by atoms with Crippen LogP contribution in [0.1, 0.15) is 45.7 Å². The molecule has 0 aliphatic heterocycles. The molecule has 1 unspecified atom stereocenters. The summed E-state index contributed by atoms with van der Waals surface area (Å²) in [6.45, 7) is 10.3. The Morgan fingerprint density at radius 2 is 1.83 bits per heavy atom. The third kappa shape index (κ3) is 2.81. The number of rotatable bonds is 2. The first-order valence-corrected chi connectivity index (χ1v) is 6.74. The molecule has 1 aliphatic rings. The zero-order valence-electron chi connectivity index (χ0n) is 12.0. The molecule has 100 valence electrons. The molecule has 0 radical (unpaired) electrons. The van der Waals surface area contributed by atoms with E-state index in [-0.39, 0.29) is 11.9 Å². The molecule has 1 aromatic rings. The molecular weight excluding hydrogens is 225 g/mol. The van der Waals surface area contributed by atoms with Crippen LogP contribution in [0.2, 0.25) is 0 Å².